The minimum Gasteiger partial charge on any atom is -0.442 e. The van der Waals surface area contributed by atoms with Gasteiger partial charge in [-0.2, -0.15) is 0 Å². The molecule has 1 fully saturated rings. The molecule has 8 nitrogen and oxygen atoms in total. The van der Waals surface area contributed by atoms with Crippen LogP contribution in [-0.4, -0.2) is 38.8 Å². The van der Waals surface area contributed by atoms with Crippen LogP contribution in [0.15, 0.2) is 53.4 Å². The minimum absolute atomic E-state index is 0.0529. The van der Waals surface area contributed by atoms with Gasteiger partial charge < -0.3 is 20.0 Å². The maximum absolute atomic E-state index is 11.9. The average molecular weight is 459 g/mol. The van der Waals surface area contributed by atoms with E-state index in [1.165, 1.54) is 25.3 Å². The molecule has 0 unspecified atom stereocenters. The van der Waals surface area contributed by atoms with Gasteiger partial charge in [-0.3, -0.25) is 4.79 Å². The van der Waals surface area contributed by atoms with Crippen LogP contribution in [0.25, 0.3) is 22.2 Å². The number of rotatable bonds is 10. The van der Waals surface area contributed by atoms with Gasteiger partial charge in [-0.15, -0.1) is 0 Å². The summed E-state index contributed by atoms with van der Waals surface area (Å²) >= 11 is 0. The van der Waals surface area contributed by atoms with E-state index in [0.29, 0.717) is 6.42 Å². The van der Waals surface area contributed by atoms with E-state index in [-0.39, 0.29) is 17.7 Å². The van der Waals surface area contributed by atoms with Crippen LogP contribution in [0.1, 0.15) is 67.5 Å². The van der Waals surface area contributed by atoms with Crippen LogP contribution >= 0.6 is 0 Å². The van der Waals surface area contributed by atoms with Gasteiger partial charge in [-0.05, 0) is 49.9 Å². The number of nitrogens with one attached hydrogen (secondary N) is 1. The van der Waals surface area contributed by atoms with Crippen molar-refractivity contribution in [3.05, 3.63) is 60.7 Å². The van der Waals surface area contributed by atoms with Crippen molar-refractivity contribution < 1.29 is 9.21 Å². The zero-order chi connectivity index (χ0) is 23.3. The molecule has 0 amide bonds. The van der Waals surface area contributed by atoms with E-state index < -0.39 is 0 Å². The molecule has 4 heterocycles. The van der Waals surface area contributed by atoms with Gasteiger partial charge in [0, 0.05) is 30.5 Å². The first-order valence-electron chi connectivity index (χ1n) is 12.1. The van der Waals surface area contributed by atoms with Crippen molar-refractivity contribution in [1.82, 2.24) is 19.9 Å². The van der Waals surface area contributed by atoms with E-state index >= 15 is 0 Å². The number of imidazole rings is 1. The number of nitrogens with two attached hydrogens (primary N) is 1. The third-order valence-corrected chi connectivity index (χ3v) is 6.45. The molecule has 3 aromatic heterocycles. The van der Waals surface area contributed by atoms with Crippen molar-refractivity contribution in [3.8, 4) is 11.3 Å². The van der Waals surface area contributed by atoms with Crippen LogP contribution in [0.4, 0.5) is 5.82 Å². The van der Waals surface area contributed by atoms with Gasteiger partial charge in [0.05, 0.1) is 29.6 Å². The number of hydrogen-bond donors (Lipinski definition) is 2. The van der Waals surface area contributed by atoms with Gasteiger partial charge in [0.15, 0.2) is 0 Å². The molecule has 1 aromatic carbocycles. The maximum atomic E-state index is 11.9. The number of hydrogen-bond acceptors (Lipinski definition) is 7. The number of nitrogens with zero attached hydrogens (tertiary/aromatic N) is 4. The number of anilines is 1. The summed E-state index contributed by atoms with van der Waals surface area (Å²) in [4.78, 5) is 30.9. The molecule has 1 saturated heterocycles. The third-order valence-electron chi connectivity index (χ3n) is 6.45. The fraction of sp³-hybridized carbons (Fsp3) is 0.385. The van der Waals surface area contributed by atoms with Gasteiger partial charge in [-0.25, -0.2) is 15.0 Å². The van der Waals surface area contributed by atoms with E-state index in [1.54, 1.807) is 0 Å². The fourth-order valence-corrected chi connectivity index (χ4v) is 4.51. The van der Waals surface area contributed by atoms with Crippen LogP contribution in [0.5, 0.6) is 0 Å². The molecule has 0 spiro atoms. The highest BCUT2D eigenvalue weighted by molar-refractivity contribution is 5.91. The van der Waals surface area contributed by atoms with Crippen molar-refractivity contribution in [1.29, 1.82) is 0 Å². The Kier molecular flexibility index (Phi) is 6.67. The van der Waals surface area contributed by atoms with Crippen LogP contribution in [0.3, 0.4) is 0 Å². The highest BCUT2D eigenvalue weighted by Crippen LogP contribution is 2.27. The number of pyridine rings is 1. The van der Waals surface area contributed by atoms with Crippen LogP contribution in [-0.2, 0) is 0 Å². The van der Waals surface area contributed by atoms with E-state index in [9.17, 15) is 4.79 Å². The Hall–Kier alpha value is -3.52. The summed E-state index contributed by atoms with van der Waals surface area (Å²) in [5.41, 5.74) is 9.40. The van der Waals surface area contributed by atoms with Crippen molar-refractivity contribution in [2.24, 2.45) is 5.73 Å². The van der Waals surface area contributed by atoms with Gasteiger partial charge in [-0.1, -0.05) is 18.9 Å². The summed E-state index contributed by atoms with van der Waals surface area (Å²) in [6.45, 7) is 2.18. The van der Waals surface area contributed by atoms with Gasteiger partial charge in [0.2, 0.25) is 5.78 Å². The second kappa shape index (κ2) is 10.2. The Balaban J connectivity index is 1.15. The first kappa shape index (κ1) is 22.3. The number of aromatic nitrogens is 4. The molecular formula is C26H30N6O2. The molecule has 1 aliphatic rings. The van der Waals surface area contributed by atoms with Crippen molar-refractivity contribution in [3.63, 3.8) is 0 Å². The van der Waals surface area contributed by atoms with Gasteiger partial charge in [0.1, 0.15) is 17.9 Å². The molecule has 0 bridgehead atoms. The molecule has 0 radical (unpaired) electrons. The summed E-state index contributed by atoms with van der Waals surface area (Å²) in [5, 5.41) is 1.11. The quantitative estimate of drug-likeness (QED) is 0.252. The summed E-state index contributed by atoms with van der Waals surface area (Å²) in [6, 6.07) is 10.4. The SMILES string of the molecule is N[C@@H](CCCCCC(=O)c1ncco1)c1ncc(-c2ccc3nc(N4CCCC4)ccc3c2)[nH]1. The third kappa shape index (κ3) is 5.02. The van der Waals surface area contributed by atoms with Crippen LogP contribution in [0, 0.1) is 0 Å². The number of ketones is 1. The second-order valence-corrected chi connectivity index (χ2v) is 8.92. The topological polar surface area (TPSA) is 114 Å². The molecule has 34 heavy (non-hydrogen) atoms. The number of oxazole rings is 1. The summed E-state index contributed by atoms with van der Waals surface area (Å²) in [7, 11) is 0. The molecule has 4 aromatic rings. The Labute approximate surface area is 198 Å². The Morgan fingerprint density at radius 1 is 1.12 bits per heavy atom. The van der Waals surface area contributed by atoms with Crippen molar-refractivity contribution in [2.45, 2.75) is 51.0 Å². The molecule has 0 aliphatic carbocycles. The Morgan fingerprint density at radius 2 is 2.00 bits per heavy atom. The number of aromatic amines is 1. The molecular weight excluding hydrogens is 428 g/mol. The monoisotopic (exact) mass is 458 g/mol. The number of carbonyl (C=O) groups excluding carboxylic acids is 1. The molecule has 176 valence electrons. The first-order chi connectivity index (χ1) is 16.7. The molecule has 1 atom stereocenters. The molecule has 1 aliphatic heterocycles. The lowest BCUT2D eigenvalue weighted by molar-refractivity contribution is 0.0945. The van der Waals surface area contributed by atoms with Crippen LogP contribution in [0.2, 0.25) is 0 Å². The number of fused-ring (bicyclic) bond motifs is 1. The van der Waals surface area contributed by atoms with Crippen molar-refractivity contribution in [2.75, 3.05) is 18.0 Å². The zero-order valence-electron chi connectivity index (χ0n) is 19.2. The average Bonchev–Trinajstić information content (AvgIpc) is 3.65. The van der Waals surface area contributed by atoms with E-state index in [0.717, 1.165) is 72.6 Å². The molecule has 8 heteroatoms. The second-order valence-electron chi connectivity index (χ2n) is 8.92. The highest BCUT2D eigenvalue weighted by atomic mass is 16.3. The number of unbranched alkanes of at least 4 members (excludes halogenated alkanes) is 2. The summed E-state index contributed by atoms with van der Waals surface area (Å²) < 4.78 is 5.04. The lowest BCUT2D eigenvalue weighted by atomic mass is 10.1. The Bertz CT molecular complexity index is 1240. The van der Waals surface area contributed by atoms with Crippen LogP contribution < -0.4 is 10.6 Å². The number of benzene rings is 1. The standard InChI is InChI=1S/C26H30N6O2/c27-20(6-2-1-3-7-23(33)26-28-12-15-34-26)25-29-17-22(31-25)19-8-10-21-18(16-19)9-11-24(30-21)32-13-4-5-14-32/h8-12,15-17,20H,1-7,13-14,27H2,(H,29,31)/t20-/m0/s1. The van der Waals surface area contributed by atoms with E-state index in [1.807, 2.05) is 6.20 Å². The number of H-pyrrole nitrogens is 1. The normalized spacial score (nSPS) is 14.7. The van der Waals surface area contributed by atoms with E-state index in [2.05, 4.69) is 50.2 Å². The lowest BCUT2D eigenvalue weighted by Gasteiger charge is -2.16. The van der Waals surface area contributed by atoms with Gasteiger partial charge >= 0.3 is 0 Å². The number of Topliss-reactive ketones (excluding diaryl/α,β-unsaturated/α-hetero) is 1. The Morgan fingerprint density at radius 3 is 2.82 bits per heavy atom. The number of carbonyl (C=O) groups is 1. The zero-order valence-corrected chi connectivity index (χ0v) is 19.2. The smallest absolute Gasteiger partial charge is 0.263 e. The fourth-order valence-electron chi connectivity index (χ4n) is 4.51. The largest absolute Gasteiger partial charge is 0.442 e. The van der Waals surface area contributed by atoms with Gasteiger partial charge in [0.25, 0.3) is 5.89 Å². The lowest BCUT2D eigenvalue weighted by Crippen LogP contribution is -2.18. The predicted molar refractivity (Wildman–Crippen MR) is 132 cm³/mol. The molecule has 5 rings (SSSR count). The molecule has 0 saturated carbocycles. The van der Waals surface area contributed by atoms with E-state index in [4.69, 9.17) is 15.1 Å². The van der Waals surface area contributed by atoms with Crippen molar-refractivity contribution >= 4 is 22.5 Å². The predicted octanol–water partition coefficient (Wildman–Crippen LogP) is 5.05. The minimum atomic E-state index is -0.165. The summed E-state index contributed by atoms with van der Waals surface area (Å²) in [5.74, 6) is 1.99. The molecule has 3 N–H and O–H groups in total. The maximum Gasteiger partial charge on any atom is 0.263 e. The summed E-state index contributed by atoms with van der Waals surface area (Å²) in [6.07, 6.45) is 11.1. The highest BCUT2D eigenvalue weighted by Gasteiger charge is 2.15. The first-order valence-corrected chi connectivity index (χ1v) is 12.1.